The third-order valence-corrected chi connectivity index (χ3v) is 5.71. The lowest BCUT2D eigenvalue weighted by molar-refractivity contribution is 0.426. The van der Waals surface area contributed by atoms with Crippen LogP contribution in [0.15, 0.2) is 12.3 Å². The van der Waals surface area contributed by atoms with Gasteiger partial charge in [-0.25, -0.2) is 0 Å². The van der Waals surface area contributed by atoms with Crippen LogP contribution in [-0.4, -0.2) is 18.8 Å². The first kappa shape index (κ1) is 28.5. The monoisotopic (exact) mass is 409 g/mol. The minimum atomic E-state index is 0.278. The Kier molecular flexibility index (Phi) is 23.3. The summed E-state index contributed by atoms with van der Waals surface area (Å²) in [5.41, 5.74) is 5.82. The van der Waals surface area contributed by atoms with Crippen LogP contribution in [0.4, 0.5) is 0 Å². The molecule has 0 radical (unpaired) electrons. The molecule has 0 saturated carbocycles. The quantitative estimate of drug-likeness (QED) is 0.122. The van der Waals surface area contributed by atoms with Crippen molar-refractivity contribution in [2.75, 3.05) is 6.54 Å². The largest absolute Gasteiger partial charge is 0.376 e. The molecule has 29 heavy (non-hydrogen) atoms. The highest BCUT2D eigenvalue weighted by molar-refractivity contribution is 4.82. The van der Waals surface area contributed by atoms with Crippen LogP contribution in [0.25, 0.3) is 0 Å². The summed E-state index contributed by atoms with van der Waals surface area (Å²) in [5, 5.41) is 7.08. The van der Waals surface area contributed by atoms with E-state index in [1.54, 1.807) is 0 Å². The van der Waals surface area contributed by atoms with E-state index in [0.29, 0.717) is 6.17 Å². The molecule has 0 bridgehead atoms. The molecule has 0 aliphatic carbocycles. The van der Waals surface area contributed by atoms with Gasteiger partial charge in [-0.05, 0) is 45.4 Å². The Morgan fingerprint density at radius 2 is 1.21 bits per heavy atom. The molecular weight excluding hydrogens is 354 g/mol. The Balaban J connectivity index is 3.37. The van der Waals surface area contributed by atoms with E-state index in [0.717, 1.165) is 19.4 Å². The molecule has 0 fully saturated rings. The summed E-state index contributed by atoms with van der Waals surface area (Å²) in [7, 11) is 0. The Labute approximate surface area is 184 Å². The van der Waals surface area contributed by atoms with E-state index in [1.807, 2.05) is 0 Å². The molecule has 0 heterocycles. The third-order valence-electron chi connectivity index (χ3n) is 5.71. The molecule has 0 saturated heterocycles. The minimum Gasteiger partial charge on any atom is -0.376 e. The third kappa shape index (κ3) is 23.6. The van der Waals surface area contributed by atoms with Gasteiger partial charge >= 0.3 is 0 Å². The molecule has 2 unspecified atom stereocenters. The van der Waals surface area contributed by atoms with Crippen molar-refractivity contribution < 1.29 is 0 Å². The fourth-order valence-corrected chi connectivity index (χ4v) is 3.74. The van der Waals surface area contributed by atoms with Crippen molar-refractivity contribution in [3.8, 4) is 0 Å². The highest BCUT2D eigenvalue weighted by Gasteiger charge is 2.03. The predicted octanol–water partition coefficient (Wildman–Crippen LogP) is 7.41. The Bertz CT molecular complexity index is 328. The van der Waals surface area contributed by atoms with Crippen LogP contribution in [0, 0.1) is 0 Å². The molecular formula is C26H55N3. The Hall–Kier alpha value is -0.540. The van der Waals surface area contributed by atoms with Crippen molar-refractivity contribution in [2.45, 2.75) is 149 Å². The van der Waals surface area contributed by atoms with Crippen molar-refractivity contribution in [1.82, 2.24) is 10.6 Å². The maximum Gasteiger partial charge on any atom is 0.0762 e. The van der Waals surface area contributed by atoms with E-state index < -0.39 is 0 Å². The molecule has 0 spiro atoms. The molecule has 4 N–H and O–H groups in total. The van der Waals surface area contributed by atoms with Gasteiger partial charge in [0, 0.05) is 6.04 Å². The van der Waals surface area contributed by atoms with Crippen LogP contribution in [0.2, 0.25) is 0 Å². The fraction of sp³-hybridized carbons (Fsp3) is 0.923. The fourth-order valence-electron chi connectivity index (χ4n) is 3.74. The second-order valence-electron chi connectivity index (χ2n) is 9.02. The van der Waals surface area contributed by atoms with Crippen molar-refractivity contribution in [2.24, 2.45) is 5.73 Å². The molecule has 0 amide bonds. The zero-order valence-electron chi connectivity index (χ0n) is 20.3. The smallest absolute Gasteiger partial charge is 0.0762 e. The molecule has 0 aromatic carbocycles. The van der Waals surface area contributed by atoms with E-state index in [-0.39, 0.29) is 6.04 Å². The molecule has 0 rings (SSSR count). The van der Waals surface area contributed by atoms with E-state index in [2.05, 4.69) is 43.7 Å². The number of nitrogens with two attached hydrogens (primary N) is 1. The van der Waals surface area contributed by atoms with Gasteiger partial charge in [-0.1, -0.05) is 110 Å². The molecule has 2 atom stereocenters. The number of unbranched alkanes of at least 4 members (excludes halogenated alkanes) is 14. The first-order valence-electron chi connectivity index (χ1n) is 13.1. The van der Waals surface area contributed by atoms with Crippen molar-refractivity contribution >= 4 is 0 Å². The zero-order chi connectivity index (χ0) is 21.4. The first-order valence-corrected chi connectivity index (χ1v) is 13.1. The van der Waals surface area contributed by atoms with Crippen LogP contribution < -0.4 is 16.4 Å². The standard InChI is InChI=1S/C26H55N3/c1-4-6-7-8-9-10-11-12-13-14-15-16-17-18-19-20-23-28-26(21-5-2)29-24-22-25(3)27/h20,23,25-26,28-29H,4-19,21-22,24,27H2,1-3H3/b23-20+. The predicted molar refractivity (Wildman–Crippen MR) is 132 cm³/mol. The first-order chi connectivity index (χ1) is 14.2. The average molecular weight is 410 g/mol. The Morgan fingerprint density at radius 3 is 1.69 bits per heavy atom. The SMILES string of the molecule is CCCCCCCCCCCCCCCC/C=C/NC(CCC)NCCC(C)N. The molecule has 0 aliphatic heterocycles. The summed E-state index contributed by atoms with van der Waals surface area (Å²) in [6.07, 6.45) is 29.4. The topological polar surface area (TPSA) is 50.1 Å². The van der Waals surface area contributed by atoms with E-state index >= 15 is 0 Å². The van der Waals surface area contributed by atoms with Crippen LogP contribution in [0.3, 0.4) is 0 Å². The van der Waals surface area contributed by atoms with Gasteiger partial charge < -0.3 is 11.1 Å². The highest BCUT2D eigenvalue weighted by atomic mass is 15.1. The van der Waals surface area contributed by atoms with E-state index in [9.17, 15) is 0 Å². The summed E-state index contributed by atoms with van der Waals surface area (Å²) >= 11 is 0. The van der Waals surface area contributed by atoms with Crippen LogP contribution in [-0.2, 0) is 0 Å². The van der Waals surface area contributed by atoms with Crippen molar-refractivity contribution in [3.05, 3.63) is 12.3 Å². The molecule has 0 aromatic rings. The second kappa shape index (κ2) is 23.7. The van der Waals surface area contributed by atoms with Crippen molar-refractivity contribution in [1.29, 1.82) is 0 Å². The maximum atomic E-state index is 5.82. The molecule has 0 aromatic heterocycles. The van der Waals surface area contributed by atoms with E-state index in [4.69, 9.17) is 5.73 Å². The van der Waals surface area contributed by atoms with Gasteiger partial charge in [-0.15, -0.1) is 0 Å². The van der Waals surface area contributed by atoms with Crippen LogP contribution >= 0.6 is 0 Å². The van der Waals surface area contributed by atoms with Gasteiger partial charge in [-0.2, -0.15) is 0 Å². The van der Waals surface area contributed by atoms with Gasteiger partial charge in [0.15, 0.2) is 0 Å². The summed E-state index contributed by atoms with van der Waals surface area (Å²) in [4.78, 5) is 0. The Morgan fingerprint density at radius 1 is 0.690 bits per heavy atom. The molecule has 0 aliphatic rings. The van der Waals surface area contributed by atoms with Crippen LogP contribution in [0.5, 0.6) is 0 Å². The van der Waals surface area contributed by atoms with Gasteiger partial charge in [0.25, 0.3) is 0 Å². The van der Waals surface area contributed by atoms with Crippen molar-refractivity contribution in [3.63, 3.8) is 0 Å². The van der Waals surface area contributed by atoms with Gasteiger partial charge in [0.2, 0.25) is 0 Å². The lowest BCUT2D eigenvalue weighted by atomic mass is 10.0. The molecule has 3 nitrogen and oxygen atoms in total. The number of hydrogen-bond donors (Lipinski definition) is 3. The zero-order valence-corrected chi connectivity index (χ0v) is 20.3. The second-order valence-corrected chi connectivity index (χ2v) is 9.02. The lowest BCUT2D eigenvalue weighted by Gasteiger charge is -2.19. The molecule has 174 valence electrons. The minimum absolute atomic E-state index is 0.278. The van der Waals surface area contributed by atoms with Crippen LogP contribution in [0.1, 0.15) is 136 Å². The summed E-state index contributed by atoms with van der Waals surface area (Å²) in [6, 6.07) is 0.278. The summed E-state index contributed by atoms with van der Waals surface area (Å²) in [6.45, 7) is 7.59. The summed E-state index contributed by atoms with van der Waals surface area (Å²) < 4.78 is 0. The number of hydrogen-bond acceptors (Lipinski definition) is 3. The summed E-state index contributed by atoms with van der Waals surface area (Å²) in [5.74, 6) is 0. The number of nitrogens with one attached hydrogen (secondary N) is 2. The highest BCUT2D eigenvalue weighted by Crippen LogP contribution is 2.13. The molecule has 3 heteroatoms. The normalized spacial score (nSPS) is 13.8. The van der Waals surface area contributed by atoms with Gasteiger partial charge in [0.1, 0.15) is 0 Å². The number of rotatable bonds is 23. The average Bonchev–Trinajstić information content (AvgIpc) is 2.70. The van der Waals surface area contributed by atoms with Gasteiger partial charge in [0.05, 0.1) is 6.17 Å². The van der Waals surface area contributed by atoms with Gasteiger partial charge in [-0.3, -0.25) is 5.32 Å². The maximum absolute atomic E-state index is 5.82. The van der Waals surface area contributed by atoms with E-state index in [1.165, 1.54) is 103 Å². The lowest BCUT2D eigenvalue weighted by Crippen LogP contribution is -2.41. The number of allylic oxidation sites excluding steroid dienone is 1.